The zero-order chi connectivity index (χ0) is 25.7. The molecule has 0 aromatic rings. The van der Waals surface area contributed by atoms with Gasteiger partial charge in [-0.15, -0.1) is 0 Å². The number of aliphatic hydroxyl groups is 3. The Balaban J connectivity index is 0.000000481. The molecule has 8 atom stereocenters. The van der Waals surface area contributed by atoms with Gasteiger partial charge in [0.2, 0.25) is 0 Å². The summed E-state index contributed by atoms with van der Waals surface area (Å²) < 4.78 is 16.9. The van der Waals surface area contributed by atoms with Gasteiger partial charge in [-0.25, -0.2) is 4.39 Å². The van der Waals surface area contributed by atoms with Crippen LogP contribution in [-0.2, 0) is 14.4 Å². The number of hydrogen-bond acceptors (Lipinski definition) is 6. The Labute approximate surface area is 201 Å². The van der Waals surface area contributed by atoms with Crippen molar-refractivity contribution in [3.63, 3.8) is 0 Å². The van der Waals surface area contributed by atoms with Crippen molar-refractivity contribution in [3.8, 4) is 0 Å². The lowest BCUT2D eigenvalue weighted by atomic mass is 9.44. The first kappa shape index (κ1) is 26.9. The molecule has 3 fully saturated rings. The number of aliphatic hydroxyl groups excluding tert-OH is 2. The molecule has 34 heavy (non-hydrogen) atoms. The molecule has 0 aromatic heterocycles. The van der Waals surface area contributed by atoms with Crippen LogP contribution in [0.25, 0.3) is 0 Å². The van der Waals surface area contributed by atoms with E-state index in [1.165, 1.54) is 12.2 Å². The van der Waals surface area contributed by atoms with E-state index >= 15 is 4.39 Å². The molecule has 4 aliphatic carbocycles. The smallest absolute Gasteiger partial charge is 0.190 e. The van der Waals surface area contributed by atoms with Crippen molar-refractivity contribution < 1.29 is 34.1 Å². The summed E-state index contributed by atoms with van der Waals surface area (Å²) in [5.74, 6) is -1.78. The summed E-state index contributed by atoms with van der Waals surface area (Å²) in [6.45, 7) is 8.24. The predicted octanol–water partition coefficient (Wildman–Crippen LogP) is 3.27. The number of Topliss-reactive ketones (excluding diaryl/α,β-unsaturated/α-hetero) is 2. The van der Waals surface area contributed by atoms with Gasteiger partial charge >= 0.3 is 0 Å². The van der Waals surface area contributed by atoms with Crippen LogP contribution in [-0.4, -0.2) is 56.6 Å². The number of carbonyl (C=O) groups is 3. The molecule has 4 rings (SSSR count). The maximum Gasteiger partial charge on any atom is 0.190 e. The average molecular weight is 479 g/mol. The van der Waals surface area contributed by atoms with E-state index in [0.29, 0.717) is 43.5 Å². The molecular formula is C27H39FO6. The van der Waals surface area contributed by atoms with Gasteiger partial charge in [-0.05, 0) is 56.6 Å². The molecule has 0 heterocycles. The van der Waals surface area contributed by atoms with E-state index in [1.807, 2.05) is 13.8 Å². The molecule has 7 heteroatoms. The summed E-state index contributed by atoms with van der Waals surface area (Å²) in [5.41, 5.74) is -5.17. The van der Waals surface area contributed by atoms with Crippen LogP contribution in [0.2, 0.25) is 0 Å². The van der Waals surface area contributed by atoms with Crippen molar-refractivity contribution in [2.75, 3.05) is 6.61 Å². The Bertz CT molecular complexity index is 920. The highest BCUT2D eigenvalue weighted by Gasteiger charge is 2.75. The largest absolute Gasteiger partial charge is 0.390 e. The maximum atomic E-state index is 16.9. The third-order valence-electron chi connectivity index (χ3n) is 9.58. The third kappa shape index (κ3) is 3.49. The number of fused-ring (bicyclic) bond motifs is 5. The van der Waals surface area contributed by atoms with Crippen LogP contribution in [0.1, 0.15) is 73.1 Å². The van der Waals surface area contributed by atoms with Crippen molar-refractivity contribution >= 4 is 17.3 Å². The molecule has 0 aromatic carbocycles. The van der Waals surface area contributed by atoms with Crippen LogP contribution >= 0.6 is 0 Å². The van der Waals surface area contributed by atoms with E-state index < -0.39 is 52.4 Å². The first-order valence-electron chi connectivity index (χ1n) is 12.5. The summed E-state index contributed by atoms with van der Waals surface area (Å²) in [6.07, 6.45) is 5.82. The van der Waals surface area contributed by atoms with Gasteiger partial charge in [0.1, 0.15) is 18.0 Å². The Hall–Kier alpha value is -1.70. The van der Waals surface area contributed by atoms with Crippen LogP contribution in [0.5, 0.6) is 0 Å². The second-order valence-electron chi connectivity index (χ2n) is 11.0. The number of rotatable bonds is 4. The van der Waals surface area contributed by atoms with E-state index in [1.54, 1.807) is 26.8 Å². The molecule has 0 unspecified atom stereocenters. The molecule has 0 amide bonds. The fourth-order valence-electron chi connectivity index (χ4n) is 7.51. The normalized spacial score (nSPS) is 44.7. The Morgan fingerprint density at radius 3 is 2.32 bits per heavy atom. The fraction of sp³-hybridized carbons (Fsp3) is 0.741. The molecule has 0 radical (unpaired) electrons. The fourth-order valence-corrected chi connectivity index (χ4v) is 7.51. The van der Waals surface area contributed by atoms with Gasteiger partial charge in [0.05, 0.1) is 6.10 Å². The molecule has 6 nitrogen and oxygen atoms in total. The highest BCUT2D eigenvalue weighted by atomic mass is 19.1. The molecule has 3 N–H and O–H groups in total. The van der Waals surface area contributed by atoms with Gasteiger partial charge in [0.25, 0.3) is 0 Å². The number of carbonyl (C=O) groups excluding carboxylic acids is 3. The van der Waals surface area contributed by atoms with Gasteiger partial charge in [-0.1, -0.05) is 39.3 Å². The molecule has 190 valence electrons. The zero-order valence-corrected chi connectivity index (χ0v) is 20.9. The first-order chi connectivity index (χ1) is 15.8. The molecule has 0 saturated heterocycles. The predicted molar refractivity (Wildman–Crippen MR) is 126 cm³/mol. The summed E-state index contributed by atoms with van der Waals surface area (Å²) in [6, 6.07) is 0. The van der Waals surface area contributed by atoms with Crippen LogP contribution in [0.3, 0.4) is 0 Å². The van der Waals surface area contributed by atoms with Gasteiger partial charge in [-0.2, -0.15) is 0 Å². The highest BCUT2D eigenvalue weighted by Crippen LogP contribution is 2.70. The number of alkyl halides is 1. The lowest BCUT2D eigenvalue weighted by molar-refractivity contribution is -0.219. The van der Waals surface area contributed by atoms with E-state index in [4.69, 9.17) is 0 Å². The van der Waals surface area contributed by atoms with E-state index in [-0.39, 0.29) is 18.1 Å². The van der Waals surface area contributed by atoms with Gasteiger partial charge in [0, 0.05) is 29.6 Å². The standard InChI is InChI=1S/C22H29FO5.C5H10O/c1-12-8-16-15-5-4-13-9-14(25)6-7-19(13,2)21(15,23)17(26)10-20(16,3)22(12,28)18(27)11-24;1-3-5(6)4-2/h6-7,9,12,15-17,24,26,28H,4-5,8,10-11H2,1-3H3;3-4H2,1-2H3/t12-,15+,16+,17+,19+,20+,21+,22+;/m1./s1. The summed E-state index contributed by atoms with van der Waals surface area (Å²) in [4.78, 5) is 34.6. The Kier molecular flexibility index (Phi) is 7.17. The van der Waals surface area contributed by atoms with Crippen LogP contribution in [0, 0.1) is 28.6 Å². The van der Waals surface area contributed by atoms with Crippen LogP contribution in [0.4, 0.5) is 4.39 Å². The first-order valence-corrected chi connectivity index (χ1v) is 12.5. The molecule has 4 aliphatic rings. The van der Waals surface area contributed by atoms with Crippen molar-refractivity contribution in [2.24, 2.45) is 28.6 Å². The van der Waals surface area contributed by atoms with Gasteiger partial charge in [0.15, 0.2) is 17.2 Å². The highest BCUT2D eigenvalue weighted by molar-refractivity contribution is 6.01. The van der Waals surface area contributed by atoms with Crippen LogP contribution in [0.15, 0.2) is 23.8 Å². The van der Waals surface area contributed by atoms with Gasteiger partial charge < -0.3 is 15.3 Å². The number of ketones is 3. The van der Waals surface area contributed by atoms with Crippen molar-refractivity contribution in [1.29, 1.82) is 0 Å². The second kappa shape index (κ2) is 9.07. The van der Waals surface area contributed by atoms with Crippen molar-refractivity contribution in [1.82, 2.24) is 0 Å². The monoisotopic (exact) mass is 478 g/mol. The molecule has 0 spiro atoms. The SMILES string of the molecule is CCC(=O)CC.C[C@@H]1C[C@H]2[C@@H]3CCC4=CC(=O)C=C[C@]4(C)[C@@]3(F)[C@@H](O)C[C@]2(C)[C@@]1(O)C(=O)CO. The van der Waals surface area contributed by atoms with E-state index in [2.05, 4.69) is 0 Å². The van der Waals surface area contributed by atoms with E-state index in [0.717, 1.165) is 0 Å². The minimum absolute atomic E-state index is 0.0676. The maximum absolute atomic E-state index is 16.9. The number of halogens is 1. The van der Waals surface area contributed by atoms with Gasteiger partial charge in [-0.3, -0.25) is 14.4 Å². The van der Waals surface area contributed by atoms with E-state index in [9.17, 15) is 29.7 Å². The van der Waals surface area contributed by atoms with Crippen LogP contribution < -0.4 is 0 Å². The lowest BCUT2D eigenvalue weighted by Crippen LogP contribution is -2.69. The molecular weight excluding hydrogens is 439 g/mol. The minimum Gasteiger partial charge on any atom is -0.390 e. The number of hydrogen-bond donors (Lipinski definition) is 3. The summed E-state index contributed by atoms with van der Waals surface area (Å²) in [5, 5.41) is 32.0. The second-order valence-corrected chi connectivity index (χ2v) is 11.0. The van der Waals surface area contributed by atoms with Crippen molar-refractivity contribution in [3.05, 3.63) is 23.8 Å². The molecule has 0 aliphatic heterocycles. The third-order valence-corrected chi connectivity index (χ3v) is 9.58. The zero-order valence-electron chi connectivity index (χ0n) is 20.9. The Morgan fingerprint density at radius 1 is 1.18 bits per heavy atom. The minimum atomic E-state index is -1.98. The lowest BCUT2D eigenvalue weighted by Gasteiger charge is -2.62. The topological polar surface area (TPSA) is 112 Å². The molecule has 3 saturated carbocycles. The molecule has 0 bridgehead atoms. The number of allylic oxidation sites excluding steroid dienone is 4. The summed E-state index contributed by atoms with van der Waals surface area (Å²) in [7, 11) is 0. The quantitative estimate of drug-likeness (QED) is 0.572. The average Bonchev–Trinajstić information content (AvgIpc) is 3.01. The Morgan fingerprint density at radius 2 is 1.79 bits per heavy atom. The summed E-state index contributed by atoms with van der Waals surface area (Å²) >= 11 is 0. The van der Waals surface area contributed by atoms with Crippen molar-refractivity contribution in [2.45, 2.75) is 90.5 Å².